The van der Waals surface area contributed by atoms with Gasteiger partial charge >= 0.3 is 5.97 Å². The molecule has 1 fully saturated rings. The largest absolute Gasteiger partial charge is 0.464 e. The van der Waals surface area contributed by atoms with Crippen LogP contribution in [0.5, 0.6) is 0 Å². The highest BCUT2D eigenvalue weighted by Gasteiger charge is 2.33. The molecule has 2 rings (SSSR count). The number of aromatic amines is 1. The number of esters is 1. The van der Waals surface area contributed by atoms with E-state index in [-0.39, 0.29) is 17.6 Å². The maximum Gasteiger partial charge on any atom is 0.328 e. The summed E-state index contributed by atoms with van der Waals surface area (Å²) in [6, 6.07) is 1.12. The van der Waals surface area contributed by atoms with E-state index in [1.54, 1.807) is 6.92 Å². The van der Waals surface area contributed by atoms with Crippen LogP contribution in [0.1, 0.15) is 32.5 Å². The number of carbonyl (C=O) groups is 1. The van der Waals surface area contributed by atoms with Crippen molar-refractivity contribution in [2.24, 2.45) is 0 Å². The molecule has 2 heterocycles. The molecule has 6 nitrogen and oxygen atoms in total. The summed E-state index contributed by atoms with van der Waals surface area (Å²) in [5, 5.41) is 0. The molecule has 0 aliphatic carbocycles. The molecule has 1 aliphatic rings. The number of hydrogen-bond acceptors (Lipinski definition) is 5. The lowest BCUT2D eigenvalue weighted by atomic mass is 10.2. The molecule has 0 bridgehead atoms. The van der Waals surface area contributed by atoms with Gasteiger partial charge in [-0.2, -0.15) is 0 Å². The monoisotopic (exact) mass is 265 g/mol. The standard InChI is InChI=1S/C13H19N3O3/c1-3-10-14-11(8-12(17)15-10)16-7-5-6-9(16)13(18)19-4-2/h8-9H,3-7H2,1-2H3,(H,14,15,17). The normalized spacial score (nSPS) is 18.6. The van der Waals surface area contributed by atoms with E-state index in [1.807, 2.05) is 11.8 Å². The van der Waals surface area contributed by atoms with Gasteiger partial charge in [-0.05, 0) is 19.8 Å². The van der Waals surface area contributed by atoms with Crippen LogP contribution in [-0.2, 0) is 16.0 Å². The number of rotatable bonds is 4. The Balaban J connectivity index is 2.27. The first-order chi connectivity index (χ1) is 9.15. The van der Waals surface area contributed by atoms with Gasteiger partial charge in [-0.25, -0.2) is 9.78 Å². The molecule has 0 saturated carbocycles. The first-order valence-electron chi connectivity index (χ1n) is 6.69. The molecular weight excluding hydrogens is 246 g/mol. The Labute approximate surface area is 111 Å². The summed E-state index contributed by atoms with van der Waals surface area (Å²) in [5.74, 6) is 0.966. The molecule has 0 aromatic carbocycles. The number of H-pyrrole nitrogens is 1. The fourth-order valence-electron chi connectivity index (χ4n) is 2.33. The average Bonchev–Trinajstić information content (AvgIpc) is 2.87. The van der Waals surface area contributed by atoms with Crippen LogP contribution in [-0.4, -0.2) is 35.1 Å². The van der Waals surface area contributed by atoms with Crippen LogP contribution >= 0.6 is 0 Å². The predicted molar refractivity (Wildman–Crippen MR) is 71.2 cm³/mol. The minimum absolute atomic E-state index is 0.184. The van der Waals surface area contributed by atoms with Crippen molar-refractivity contribution < 1.29 is 9.53 Å². The van der Waals surface area contributed by atoms with Gasteiger partial charge < -0.3 is 14.6 Å². The van der Waals surface area contributed by atoms with Crippen molar-refractivity contribution in [3.8, 4) is 0 Å². The van der Waals surface area contributed by atoms with Crippen LogP contribution in [0.25, 0.3) is 0 Å². The van der Waals surface area contributed by atoms with E-state index in [4.69, 9.17) is 4.74 Å². The zero-order chi connectivity index (χ0) is 13.8. The summed E-state index contributed by atoms with van der Waals surface area (Å²) >= 11 is 0. The Bertz CT molecular complexity index is 512. The van der Waals surface area contributed by atoms with Crippen LogP contribution in [0.2, 0.25) is 0 Å². The molecule has 1 saturated heterocycles. The smallest absolute Gasteiger partial charge is 0.328 e. The van der Waals surface area contributed by atoms with Crippen LogP contribution in [0, 0.1) is 0 Å². The Hall–Kier alpha value is -1.85. The molecule has 1 atom stereocenters. The quantitative estimate of drug-likeness (QED) is 0.817. The van der Waals surface area contributed by atoms with Crippen LogP contribution < -0.4 is 10.5 Å². The Morgan fingerprint density at radius 2 is 2.37 bits per heavy atom. The molecule has 1 aromatic rings. The highest BCUT2D eigenvalue weighted by atomic mass is 16.5. The van der Waals surface area contributed by atoms with Crippen molar-refractivity contribution in [2.45, 2.75) is 39.2 Å². The molecule has 1 aromatic heterocycles. The van der Waals surface area contributed by atoms with Crippen LogP contribution in [0.3, 0.4) is 0 Å². The Kier molecular flexibility index (Phi) is 4.19. The van der Waals surface area contributed by atoms with Gasteiger partial charge in [-0.15, -0.1) is 0 Å². The van der Waals surface area contributed by atoms with E-state index in [9.17, 15) is 9.59 Å². The minimum atomic E-state index is -0.320. The molecule has 1 unspecified atom stereocenters. The van der Waals surface area contributed by atoms with Crippen molar-refractivity contribution in [1.82, 2.24) is 9.97 Å². The van der Waals surface area contributed by atoms with Crippen molar-refractivity contribution >= 4 is 11.8 Å². The molecule has 0 amide bonds. The third kappa shape index (κ3) is 2.94. The highest BCUT2D eigenvalue weighted by Crippen LogP contribution is 2.23. The summed E-state index contributed by atoms with van der Waals surface area (Å²) in [5.41, 5.74) is -0.184. The molecule has 0 spiro atoms. The van der Waals surface area contributed by atoms with E-state index >= 15 is 0 Å². The molecule has 0 radical (unpaired) electrons. The van der Waals surface area contributed by atoms with Crippen LogP contribution in [0.4, 0.5) is 5.82 Å². The average molecular weight is 265 g/mol. The summed E-state index contributed by atoms with van der Waals surface area (Å²) in [6.45, 7) is 4.81. The highest BCUT2D eigenvalue weighted by molar-refractivity contribution is 5.80. The molecular formula is C13H19N3O3. The van der Waals surface area contributed by atoms with Gasteiger partial charge in [0.25, 0.3) is 5.56 Å². The first-order valence-corrected chi connectivity index (χ1v) is 6.69. The number of nitrogens with zero attached hydrogens (tertiary/aromatic N) is 2. The second-order valence-electron chi connectivity index (χ2n) is 4.51. The SMILES string of the molecule is CCOC(=O)C1CCCN1c1cc(=O)[nH]c(CC)n1. The van der Waals surface area contributed by atoms with Gasteiger partial charge in [0.2, 0.25) is 0 Å². The summed E-state index contributed by atoms with van der Waals surface area (Å²) in [6.07, 6.45) is 2.30. The Morgan fingerprint density at radius 3 is 3.05 bits per heavy atom. The molecule has 19 heavy (non-hydrogen) atoms. The number of carbonyl (C=O) groups excluding carboxylic acids is 1. The summed E-state index contributed by atoms with van der Waals surface area (Å²) in [7, 11) is 0. The number of aryl methyl sites for hydroxylation is 1. The topological polar surface area (TPSA) is 75.3 Å². The number of ether oxygens (including phenoxy) is 1. The number of anilines is 1. The summed E-state index contributed by atoms with van der Waals surface area (Å²) < 4.78 is 5.07. The molecule has 6 heteroatoms. The summed E-state index contributed by atoms with van der Waals surface area (Å²) in [4.78, 5) is 32.4. The zero-order valence-corrected chi connectivity index (χ0v) is 11.3. The van der Waals surface area contributed by atoms with E-state index in [1.165, 1.54) is 6.07 Å². The van der Waals surface area contributed by atoms with Crippen molar-refractivity contribution in [2.75, 3.05) is 18.1 Å². The van der Waals surface area contributed by atoms with Gasteiger partial charge in [0.05, 0.1) is 6.61 Å². The molecule has 104 valence electrons. The lowest BCUT2D eigenvalue weighted by molar-refractivity contribution is -0.144. The van der Waals surface area contributed by atoms with Crippen LogP contribution in [0.15, 0.2) is 10.9 Å². The number of hydrogen-bond donors (Lipinski definition) is 1. The number of nitrogens with one attached hydrogen (secondary N) is 1. The number of aromatic nitrogens is 2. The second kappa shape index (κ2) is 5.86. The van der Waals surface area contributed by atoms with Crippen molar-refractivity contribution in [1.29, 1.82) is 0 Å². The minimum Gasteiger partial charge on any atom is -0.464 e. The molecule has 1 N–H and O–H groups in total. The van der Waals surface area contributed by atoms with Crippen molar-refractivity contribution in [3.63, 3.8) is 0 Å². The van der Waals surface area contributed by atoms with E-state index in [0.717, 1.165) is 19.4 Å². The lowest BCUT2D eigenvalue weighted by Crippen LogP contribution is -2.38. The molecule has 1 aliphatic heterocycles. The van der Waals surface area contributed by atoms with E-state index < -0.39 is 0 Å². The van der Waals surface area contributed by atoms with Gasteiger partial charge in [-0.3, -0.25) is 4.79 Å². The van der Waals surface area contributed by atoms with Crippen molar-refractivity contribution in [3.05, 3.63) is 22.2 Å². The maximum atomic E-state index is 11.9. The first kappa shape index (κ1) is 13.6. The van der Waals surface area contributed by atoms with E-state index in [2.05, 4.69) is 9.97 Å². The fraction of sp³-hybridized carbons (Fsp3) is 0.615. The maximum absolute atomic E-state index is 11.9. The third-order valence-electron chi connectivity index (χ3n) is 3.22. The third-order valence-corrected chi connectivity index (χ3v) is 3.22. The van der Waals surface area contributed by atoms with E-state index in [0.29, 0.717) is 24.7 Å². The van der Waals surface area contributed by atoms with Gasteiger partial charge in [0.1, 0.15) is 17.7 Å². The second-order valence-corrected chi connectivity index (χ2v) is 4.51. The van der Waals surface area contributed by atoms with Gasteiger partial charge in [0.15, 0.2) is 0 Å². The predicted octanol–water partition coefficient (Wildman–Crippen LogP) is 0.864. The lowest BCUT2D eigenvalue weighted by Gasteiger charge is -2.24. The zero-order valence-electron chi connectivity index (χ0n) is 11.3. The van der Waals surface area contributed by atoms with Gasteiger partial charge in [0, 0.05) is 19.0 Å². The Morgan fingerprint density at radius 1 is 1.58 bits per heavy atom. The van der Waals surface area contributed by atoms with Gasteiger partial charge in [-0.1, -0.05) is 6.92 Å². The fourth-order valence-corrected chi connectivity index (χ4v) is 2.33.